The number of anilines is 1. The monoisotopic (exact) mass is 532 g/mol. The molecule has 1 aromatic rings. The van der Waals surface area contributed by atoms with Gasteiger partial charge in [0, 0.05) is 45.0 Å². The fraction of sp³-hybridized carbons (Fsp3) is 0.727. The van der Waals surface area contributed by atoms with Crippen LogP contribution < -0.4 is 15.5 Å². The van der Waals surface area contributed by atoms with E-state index in [1.54, 1.807) is 12.3 Å². The van der Waals surface area contributed by atoms with E-state index >= 15 is 0 Å². The first-order valence-electron chi connectivity index (χ1n) is 11.3. The van der Waals surface area contributed by atoms with E-state index in [1.165, 1.54) is 45.0 Å². The molecule has 2 fully saturated rings. The van der Waals surface area contributed by atoms with Crippen LogP contribution in [0, 0.1) is 11.7 Å². The maximum Gasteiger partial charge on any atom is 0.191 e. The van der Waals surface area contributed by atoms with Gasteiger partial charge in [-0.05, 0) is 70.2 Å². The topological polar surface area (TPSA) is 55.8 Å². The van der Waals surface area contributed by atoms with Gasteiger partial charge in [-0.15, -0.1) is 24.0 Å². The highest BCUT2D eigenvalue weighted by molar-refractivity contribution is 14.0. The molecule has 6 nitrogen and oxygen atoms in total. The van der Waals surface area contributed by atoms with Crippen LogP contribution in [-0.2, 0) is 0 Å². The number of piperidine rings is 1. The molecule has 2 N–H and O–H groups in total. The first-order chi connectivity index (χ1) is 14.2. The lowest BCUT2D eigenvalue weighted by atomic mass is 10.0. The Morgan fingerprint density at radius 1 is 1.27 bits per heavy atom. The Bertz CT molecular complexity index is 658. The highest BCUT2D eigenvalue weighted by atomic mass is 127. The zero-order valence-corrected chi connectivity index (χ0v) is 20.8. The van der Waals surface area contributed by atoms with E-state index in [0.29, 0.717) is 5.82 Å². The molecule has 2 atom stereocenters. The van der Waals surface area contributed by atoms with Gasteiger partial charge < -0.3 is 20.4 Å². The molecule has 1 aromatic heterocycles. The minimum absolute atomic E-state index is 0. The van der Waals surface area contributed by atoms with Crippen LogP contribution in [0.3, 0.4) is 0 Å². The van der Waals surface area contributed by atoms with E-state index in [0.717, 1.165) is 50.9 Å². The number of aliphatic imine (C=N–C) groups is 1. The molecule has 0 amide bonds. The second-order valence-corrected chi connectivity index (χ2v) is 8.40. The van der Waals surface area contributed by atoms with E-state index in [-0.39, 0.29) is 35.8 Å². The molecule has 2 aliphatic rings. The Morgan fingerprint density at radius 3 is 2.90 bits per heavy atom. The summed E-state index contributed by atoms with van der Waals surface area (Å²) in [6.45, 7) is 11.4. The molecule has 30 heavy (non-hydrogen) atoms. The van der Waals surface area contributed by atoms with Crippen molar-refractivity contribution in [3.05, 3.63) is 24.1 Å². The summed E-state index contributed by atoms with van der Waals surface area (Å²) in [4.78, 5) is 13.6. The zero-order valence-electron chi connectivity index (χ0n) is 18.4. The van der Waals surface area contributed by atoms with Crippen molar-refractivity contribution in [3.8, 4) is 0 Å². The molecule has 0 spiro atoms. The number of rotatable bonds is 8. The average molecular weight is 532 g/mol. The van der Waals surface area contributed by atoms with Crippen molar-refractivity contribution in [3.63, 3.8) is 0 Å². The molecule has 3 rings (SSSR count). The van der Waals surface area contributed by atoms with Crippen molar-refractivity contribution < 1.29 is 4.39 Å². The molecule has 0 aromatic carbocycles. The summed E-state index contributed by atoms with van der Waals surface area (Å²) in [5.74, 6) is 1.91. The summed E-state index contributed by atoms with van der Waals surface area (Å²) in [6.07, 6.45) is 7.63. The molecule has 0 bridgehead atoms. The molecule has 2 saturated heterocycles. The predicted molar refractivity (Wildman–Crippen MR) is 133 cm³/mol. The van der Waals surface area contributed by atoms with Crippen LogP contribution >= 0.6 is 24.0 Å². The molecule has 2 aliphatic heterocycles. The number of aromatic nitrogens is 1. The number of guanidine groups is 1. The van der Waals surface area contributed by atoms with E-state index in [2.05, 4.69) is 34.4 Å². The van der Waals surface area contributed by atoms with Gasteiger partial charge in [0.2, 0.25) is 0 Å². The van der Waals surface area contributed by atoms with Gasteiger partial charge in [-0.25, -0.2) is 9.37 Å². The predicted octanol–water partition coefficient (Wildman–Crippen LogP) is 3.48. The van der Waals surface area contributed by atoms with Crippen LogP contribution in [0.15, 0.2) is 23.3 Å². The minimum atomic E-state index is -0.253. The van der Waals surface area contributed by atoms with E-state index < -0.39 is 0 Å². The Kier molecular flexibility index (Phi) is 11.1. The lowest BCUT2D eigenvalue weighted by Gasteiger charge is -2.30. The van der Waals surface area contributed by atoms with Gasteiger partial charge in [0.05, 0.1) is 0 Å². The molecule has 0 aliphatic carbocycles. The number of nitrogens with one attached hydrogen (secondary N) is 2. The summed E-state index contributed by atoms with van der Waals surface area (Å²) in [7, 11) is 0. The van der Waals surface area contributed by atoms with Crippen LogP contribution in [-0.4, -0.2) is 67.7 Å². The summed E-state index contributed by atoms with van der Waals surface area (Å²) < 4.78 is 14.0. The van der Waals surface area contributed by atoms with Crippen LogP contribution in [0.25, 0.3) is 0 Å². The van der Waals surface area contributed by atoms with Crippen molar-refractivity contribution >= 4 is 35.8 Å². The summed E-state index contributed by atoms with van der Waals surface area (Å²) >= 11 is 0. The van der Waals surface area contributed by atoms with Gasteiger partial charge in [-0.1, -0.05) is 6.92 Å². The second kappa shape index (κ2) is 13.3. The van der Waals surface area contributed by atoms with Crippen molar-refractivity contribution in [2.75, 3.05) is 50.7 Å². The minimum Gasteiger partial charge on any atom is -0.357 e. The van der Waals surface area contributed by atoms with Crippen LogP contribution in [0.1, 0.15) is 46.0 Å². The second-order valence-electron chi connectivity index (χ2n) is 8.40. The standard InChI is InChI=1S/C22H37FN6.HI/c1-3-24-22(26-11-4-5-13-28-14-7-8-18(2)16-28)27-19-10-15-29(17-19)21-20(23)9-6-12-25-21;/h6,9,12,18-19H,3-5,7-8,10-11,13-17H2,1-2H3,(H2,24,26,27);1H. The number of hydrogen-bond donors (Lipinski definition) is 2. The summed E-state index contributed by atoms with van der Waals surface area (Å²) in [5, 5.41) is 6.86. The van der Waals surface area contributed by atoms with Gasteiger partial charge in [-0.3, -0.25) is 4.99 Å². The van der Waals surface area contributed by atoms with Crippen molar-refractivity contribution in [1.29, 1.82) is 0 Å². The third kappa shape index (κ3) is 7.83. The molecule has 0 radical (unpaired) electrons. The number of pyridine rings is 1. The third-order valence-corrected chi connectivity index (χ3v) is 5.81. The highest BCUT2D eigenvalue weighted by Crippen LogP contribution is 2.20. The molecular formula is C22H38FIN6. The van der Waals surface area contributed by atoms with Crippen molar-refractivity contribution in [1.82, 2.24) is 20.5 Å². The summed E-state index contributed by atoms with van der Waals surface area (Å²) in [5.41, 5.74) is 0. The normalized spacial score (nSPS) is 22.6. The van der Waals surface area contributed by atoms with Crippen LogP contribution in [0.2, 0.25) is 0 Å². The SMILES string of the molecule is CCNC(=NCCCCN1CCCC(C)C1)NC1CCN(c2ncccc2F)C1.I. The first-order valence-corrected chi connectivity index (χ1v) is 11.3. The molecular weight excluding hydrogens is 494 g/mol. The Morgan fingerprint density at radius 2 is 2.13 bits per heavy atom. The third-order valence-electron chi connectivity index (χ3n) is 5.81. The lowest BCUT2D eigenvalue weighted by molar-refractivity contribution is 0.181. The quantitative estimate of drug-likeness (QED) is 0.233. The lowest BCUT2D eigenvalue weighted by Crippen LogP contribution is -2.44. The molecule has 2 unspecified atom stereocenters. The first kappa shape index (κ1) is 25.1. The Hall–Kier alpha value is -1.16. The average Bonchev–Trinajstić information content (AvgIpc) is 3.16. The largest absolute Gasteiger partial charge is 0.357 e. The highest BCUT2D eigenvalue weighted by Gasteiger charge is 2.25. The van der Waals surface area contributed by atoms with E-state index in [1.807, 2.05) is 4.90 Å². The Balaban J connectivity index is 0.00000320. The van der Waals surface area contributed by atoms with Crippen molar-refractivity contribution in [2.45, 2.75) is 52.0 Å². The van der Waals surface area contributed by atoms with E-state index in [9.17, 15) is 4.39 Å². The number of hydrogen-bond acceptors (Lipinski definition) is 4. The number of nitrogens with zero attached hydrogens (tertiary/aromatic N) is 4. The van der Waals surface area contributed by atoms with Crippen molar-refractivity contribution in [2.24, 2.45) is 10.9 Å². The van der Waals surface area contributed by atoms with Gasteiger partial charge in [0.25, 0.3) is 0 Å². The van der Waals surface area contributed by atoms with Gasteiger partial charge in [-0.2, -0.15) is 0 Å². The van der Waals surface area contributed by atoms with Gasteiger partial charge in [0.15, 0.2) is 17.6 Å². The molecule has 8 heteroatoms. The molecule has 3 heterocycles. The summed E-state index contributed by atoms with van der Waals surface area (Å²) in [6, 6.07) is 3.36. The maximum absolute atomic E-state index is 14.0. The fourth-order valence-corrected chi connectivity index (χ4v) is 4.32. The van der Waals surface area contributed by atoms with Crippen LogP contribution in [0.5, 0.6) is 0 Å². The van der Waals surface area contributed by atoms with Crippen LogP contribution in [0.4, 0.5) is 10.2 Å². The maximum atomic E-state index is 14.0. The van der Waals surface area contributed by atoms with E-state index in [4.69, 9.17) is 4.99 Å². The van der Waals surface area contributed by atoms with Gasteiger partial charge >= 0.3 is 0 Å². The zero-order chi connectivity index (χ0) is 20.5. The number of halogens is 2. The number of unbranched alkanes of at least 4 members (excludes halogenated alkanes) is 1. The smallest absolute Gasteiger partial charge is 0.191 e. The molecule has 170 valence electrons. The fourth-order valence-electron chi connectivity index (χ4n) is 4.32. The van der Waals surface area contributed by atoms with Gasteiger partial charge in [0.1, 0.15) is 0 Å². The Labute approximate surface area is 198 Å². The molecule has 0 saturated carbocycles. The number of likely N-dealkylation sites (tertiary alicyclic amines) is 1.